The van der Waals surface area contributed by atoms with Crippen molar-refractivity contribution in [1.29, 1.82) is 0 Å². The minimum atomic E-state index is -0.471. The lowest BCUT2D eigenvalue weighted by Crippen LogP contribution is -2.41. The molecule has 2 nitrogen and oxygen atoms in total. The fourth-order valence-electron chi connectivity index (χ4n) is 3.00. The van der Waals surface area contributed by atoms with Crippen molar-refractivity contribution < 1.29 is 9.53 Å². The number of carbonyl (C=O) groups excluding carboxylic acids is 1. The molecular formula is C16H24O2S. The highest BCUT2D eigenvalue weighted by Crippen LogP contribution is 2.32. The Kier molecular flexibility index (Phi) is 5.59. The SMILES string of the molecule is CCOC1(C(=O)CCc2ccsc2)CCCCCC1. The second-order valence-corrected chi connectivity index (χ2v) is 6.18. The van der Waals surface area contributed by atoms with Crippen molar-refractivity contribution in [2.24, 2.45) is 0 Å². The Bertz CT molecular complexity index is 375. The average molecular weight is 280 g/mol. The molecule has 2 rings (SSSR count). The molecule has 1 aliphatic carbocycles. The molecule has 0 atom stereocenters. The number of ketones is 1. The smallest absolute Gasteiger partial charge is 0.164 e. The Labute approximate surface area is 120 Å². The minimum Gasteiger partial charge on any atom is -0.368 e. The van der Waals surface area contributed by atoms with Crippen LogP contribution in [-0.2, 0) is 16.0 Å². The predicted octanol–water partition coefficient (Wildman–Crippen LogP) is 4.38. The highest BCUT2D eigenvalue weighted by Gasteiger charge is 2.38. The standard InChI is InChI=1S/C16H24O2S/c1-2-18-16(10-5-3-4-6-11-16)15(17)8-7-14-9-12-19-13-14/h9,12-13H,2-8,10-11H2,1H3. The zero-order chi connectivity index (χ0) is 13.6. The number of rotatable bonds is 6. The lowest BCUT2D eigenvalue weighted by molar-refractivity contribution is -0.146. The van der Waals surface area contributed by atoms with Crippen LogP contribution in [0.25, 0.3) is 0 Å². The molecule has 0 amide bonds. The number of carbonyl (C=O) groups is 1. The fourth-order valence-corrected chi connectivity index (χ4v) is 3.70. The molecule has 0 unspecified atom stereocenters. The summed E-state index contributed by atoms with van der Waals surface area (Å²) in [6.07, 6.45) is 8.06. The lowest BCUT2D eigenvalue weighted by Gasteiger charge is -2.31. The van der Waals surface area contributed by atoms with Crippen LogP contribution in [0.1, 0.15) is 57.4 Å². The van der Waals surface area contributed by atoms with Gasteiger partial charge in [-0.2, -0.15) is 11.3 Å². The van der Waals surface area contributed by atoms with Gasteiger partial charge in [0.15, 0.2) is 5.78 Å². The normalized spacial score (nSPS) is 19.0. The van der Waals surface area contributed by atoms with Gasteiger partial charge in [0, 0.05) is 13.0 Å². The van der Waals surface area contributed by atoms with E-state index in [4.69, 9.17) is 4.74 Å². The molecule has 1 heterocycles. The Morgan fingerprint density at radius 1 is 1.32 bits per heavy atom. The van der Waals surface area contributed by atoms with Crippen LogP contribution in [-0.4, -0.2) is 18.0 Å². The van der Waals surface area contributed by atoms with Crippen molar-refractivity contribution in [2.45, 2.75) is 63.9 Å². The number of aryl methyl sites for hydroxylation is 1. The molecule has 3 heteroatoms. The van der Waals surface area contributed by atoms with Crippen LogP contribution in [0.3, 0.4) is 0 Å². The molecule has 1 aromatic rings. The molecule has 1 saturated carbocycles. The van der Waals surface area contributed by atoms with E-state index in [9.17, 15) is 4.79 Å². The summed E-state index contributed by atoms with van der Waals surface area (Å²) in [5.41, 5.74) is 0.806. The van der Waals surface area contributed by atoms with Gasteiger partial charge >= 0.3 is 0 Å². The Hall–Kier alpha value is -0.670. The van der Waals surface area contributed by atoms with Gasteiger partial charge in [0.1, 0.15) is 5.60 Å². The summed E-state index contributed by atoms with van der Waals surface area (Å²) >= 11 is 1.70. The van der Waals surface area contributed by atoms with Crippen LogP contribution in [0, 0.1) is 0 Å². The first-order valence-corrected chi connectivity index (χ1v) is 8.39. The van der Waals surface area contributed by atoms with Crippen molar-refractivity contribution in [3.63, 3.8) is 0 Å². The van der Waals surface area contributed by atoms with Gasteiger partial charge in [0.2, 0.25) is 0 Å². The van der Waals surface area contributed by atoms with Crippen LogP contribution in [0.15, 0.2) is 16.8 Å². The zero-order valence-electron chi connectivity index (χ0n) is 11.8. The van der Waals surface area contributed by atoms with E-state index in [1.165, 1.54) is 18.4 Å². The largest absolute Gasteiger partial charge is 0.368 e. The van der Waals surface area contributed by atoms with Gasteiger partial charge in [0.05, 0.1) is 0 Å². The Morgan fingerprint density at radius 3 is 2.63 bits per heavy atom. The van der Waals surface area contributed by atoms with Gasteiger partial charge < -0.3 is 4.74 Å². The molecule has 0 spiro atoms. The van der Waals surface area contributed by atoms with Crippen LogP contribution >= 0.6 is 11.3 Å². The third-order valence-electron chi connectivity index (χ3n) is 4.06. The molecule has 19 heavy (non-hydrogen) atoms. The first-order valence-electron chi connectivity index (χ1n) is 7.45. The van der Waals surface area contributed by atoms with Crippen molar-refractivity contribution in [3.8, 4) is 0 Å². The maximum atomic E-state index is 12.6. The highest BCUT2D eigenvalue weighted by atomic mass is 32.1. The first-order chi connectivity index (χ1) is 9.27. The summed E-state index contributed by atoms with van der Waals surface area (Å²) in [6, 6.07) is 2.11. The zero-order valence-corrected chi connectivity index (χ0v) is 12.6. The van der Waals surface area contributed by atoms with E-state index in [2.05, 4.69) is 16.8 Å². The quantitative estimate of drug-likeness (QED) is 0.723. The first kappa shape index (κ1) is 14.7. The molecule has 0 N–H and O–H groups in total. The van der Waals surface area contributed by atoms with E-state index in [-0.39, 0.29) is 0 Å². The molecule has 0 aliphatic heterocycles. The highest BCUT2D eigenvalue weighted by molar-refractivity contribution is 7.07. The number of hydrogen-bond acceptors (Lipinski definition) is 3. The maximum absolute atomic E-state index is 12.6. The number of Topliss-reactive ketones (excluding diaryl/α,β-unsaturated/α-hetero) is 1. The van der Waals surface area contributed by atoms with Gasteiger partial charge in [-0.3, -0.25) is 4.79 Å². The van der Waals surface area contributed by atoms with Gasteiger partial charge in [-0.25, -0.2) is 0 Å². The van der Waals surface area contributed by atoms with E-state index in [0.29, 0.717) is 18.8 Å². The Morgan fingerprint density at radius 2 is 2.05 bits per heavy atom. The van der Waals surface area contributed by atoms with Gasteiger partial charge in [-0.05, 0) is 48.6 Å². The minimum absolute atomic E-state index is 0.322. The summed E-state index contributed by atoms with van der Waals surface area (Å²) in [5, 5.41) is 4.21. The lowest BCUT2D eigenvalue weighted by atomic mass is 9.86. The van der Waals surface area contributed by atoms with Gasteiger partial charge in [-0.15, -0.1) is 0 Å². The Balaban J connectivity index is 1.98. The monoisotopic (exact) mass is 280 g/mol. The summed E-state index contributed by atoms with van der Waals surface area (Å²) in [5.74, 6) is 0.322. The summed E-state index contributed by atoms with van der Waals surface area (Å²) in [7, 11) is 0. The van der Waals surface area contributed by atoms with Crippen molar-refractivity contribution in [1.82, 2.24) is 0 Å². The van der Waals surface area contributed by atoms with E-state index in [1.807, 2.05) is 6.92 Å². The fraction of sp³-hybridized carbons (Fsp3) is 0.688. The maximum Gasteiger partial charge on any atom is 0.164 e. The third kappa shape index (κ3) is 3.90. The van der Waals surface area contributed by atoms with Gasteiger partial charge in [0.25, 0.3) is 0 Å². The van der Waals surface area contributed by atoms with Crippen LogP contribution in [0.5, 0.6) is 0 Å². The summed E-state index contributed by atoms with van der Waals surface area (Å²) < 4.78 is 5.94. The van der Waals surface area contributed by atoms with E-state index >= 15 is 0 Å². The summed E-state index contributed by atoms with van der Waals surface area (Å²) in [4.78, 5) is 12.6. The molecule has 1 aliphatic rings. The second-order valence-electron chi connectivity index (χ2n) is 5.40. The molecule has 1 fully saturated rings. The molecule has 0 bridgehead atoms. The molecule has 106 valence electrons. The van der Waals surface area contributed by atoms with E-state index in [1.54, 1.807) is 11.3 Å². The van der Waals surface area contributed by atoms with Crippen molar-refractivity contribution >= 4 is 17.1 Å². The average Bonchev–Trinajstić information content (AvgIpc) is 2.82. The number of ether oxygens (including phenoxy) is 1. The molecule has 0 aromatic carbocycles. The molecular weight excluding hydrogens is 256 g/mol. The molecule has 0 saturated heterocycles. The number of hydrogen-bond donors (Lipinski definition) is 0. The molecule has 1 aromatic heterocycles. The van der Waals surface area contributed by atoms with E-state index in [0.717, 1.165) is 32.1 Å². The van der Waals surface area contributed by atoms with Crippen LogP contribution < -0.4 is 0 Å². The topological polar surface area (TPSA) is 26.3 Å². The number of thiophene rings is 1. The van der Waals surface area contributed by atoms with Crippen molar-refractivity contribution in [3.05, 3.63) is 22.4 Å². The predicted molar refractivity (Wildman–Crippen MR) is 79.7 cm³/mol. The van der Waals surface area contributed by atoms with Gasteiger partial charge in [-0.1, -0.05) is 25.7 Å². The van der Waals surface area contributed by atoms with Crippen LogP contribution in [0.2, 0.25) is 0 Å². The third-order valence-corrected chi connectivity index (χ3v) is 4.79. The second kappa shape index (κ2) is 7.20. The van der Waals surface area contributed by atoms with Crippen LogP contribution in [0.4, 0.5) is 0 Å². The molecule has 0 radical (unpaired) electrons. The summed E-state index contributed by atoms with van der Waals surface area (Å²) in [6.45, 7) is 2.64. The van der Waals surface area contributed by atoms with E-state index < -0.39 is 5.60 Å². The van der Waals surface area contributed by atoms with Crippen molar-refractivity contribution in [2.75, 3.05) is 6.61 Å².